The third-order valence-corrected chi connectivity index (χ3v) is 6.49. The highest BCUT2D eigenvalue weighted by atomic mass is 19.1. The first-order valence-corrected chi connectivity index (χ1v) is 14.1. The van der Waals surface area contributed by atoms with E-state index in [4.69, 9.17) is 24.0 Å². The third kappa shape index (κ3) is 7.07. The fourth-order valence-corrected chi connectivity index (χ4v) is 4.73. The molecule has 0 radical (unpaired) electrons. The van der Waals surface area contributed by atoms with Crippen LogP contribution in [0, 0.1) is 5.82 Å². The number of esters is 1. The predicted molar refractivity (Wildman–Crippen MR) is 157 cm³/mol. The Bertz CT molecular complexity index is 1510. The van der Waals surface area contributed by atoms with Gasteiger partial charge < -0.3 is 24.3 Å². The van der Waals surface area contributed by atoms with Crippen molar-refractivity contribution in [1.29, 1.82) is 0 Å². The molecule has 2 heterocycles. The summed E-state index contributed by atoms with van der Waals surface area (Å²) in [5.41, 5.74) is 1.46. The maximum absolute atomic E-state index is 13.8. The second-order valence-corrected chi connectivity index (χ2v) is 10.8. The Hall–Kier alpha value is -4.61. The molecule has 1 N–H and O–H groups in total. The zero-order valence-electron chi connectivity index (χ0n) is 25.3. The number of nitrogens with one attached hydrogen (secondary N) is 1. The average molecular weight is 597 g/mol. The van der Waals surface area contributed by atoms with Gasteiger partial charge in [0.1, 0.15) is 34.3 Å². The molecule has 0 fully saturated rings. The van der Waals surface area contributed by atoms with Crippen molar-refractivity contribution in [2.75, 3.05) is 31.8 Å². The third-order valence-electron chi connectivity index (χ3n) is 6.49. The minimum Gasteiger partial charge on any atom is -0.496 e. The number of benzene rings is 2. The number of anilines is 1. The minimum absolute atomic E-state index is 0.0693. The Labute approximate surface area is 249 Å². The molecule has 1 aromatic heterocycles. The summed E-state index contributed by atoms with van der Waals surface area (Å²) in [4.78, 5) is 40.8. The number of aromatic nitrogens is 2. The van der Waals surface area contributed by atoms with E-state index < -0.39 is 29.4 Å². The molecule has 2 amide bonds. The van der Waals surface area contributed by atoms with Crippen LogP contribution in [0.1, 0.15) is 73.1 Å². The van der Waals surface area contributed by atoms with Gasteiger partial charge in [-0.1, -0.05) is 6.07 Å². The smallest absolute Gasteiger partial charge is 0.414 e. The molecule has 0 saturated heterocycles. The molecule has 0 aliphatic carbocycles. The average Bonchev–Trinajstić information content (AvgIpc) is 3.35. The first-order chi connectivity index (χ1) is 20.5. The number of carbonyl (C=O) groups excluding carboxylic acids is 3. The Morgan fingerprint density at radius 3 is 2.49 bits per heavy atom. The monoisotopic (exact) mass is 596 g/mol. The van der Waals surface area contributed by atoms with Crippen LogP contribution in [-0.4, -0.2) is 60.2 Å². The van der Waals surface area contributed by atoms with E-state index in [1.165, 1.54) is 28.8 Å². The van der Waals surface area contributed by atoms with Crippen LogP contribution in [0.4, 0.5) is 14.9 Å². The van der Waals surface area contributed by atoms with Crippen molar-refractivity contribution in [1.82, 2.24) is 15.1 Å². The van der Waals surface area contributed by atoms with E-state index in [9.17, 15) is 18.8 Å². The van der Waals surface area contributed by atoms with Gasteiger partial charge in [0.05, 0.1) is 31.6 Å². The maximum atomic E-state index is 13.8. The lowest BCUT2D eigenvalue weighted by Crippen LogP contribution is -2.40. The number of nitrogens with zero attached hydrogens (tertiary/aromatic N) is 3. The highest BCUT2D eigenvalue weighted by molar-refractivity contribution is 6.01. The van der Waals surface area contributed by atoms with Gasteiger partial charge in [0.2, 0.25) is 0 Å². The van der Waals surface area contributed by atoms with Crippen molar-refractivity contribution in [3.05, 3.63) is 64.7 Å². The lowest BCUT2D eigenvalue weighted by molar-refractivity contribution is 0.0515. The number of halogens is 1. The van der Waals surface area contributed by atoms with Gasteiger partial charge in [-0.15, -0.1) is 0 Å². The molecule has 0 atom stereocenters. The van der Waals surface area contributed by atoms with Crippen LogP contribution in [0.25, 0.3) is 5.69 Å². The molecule has 0 saturated carbocycles. The van der Waals surface area contributed by atoms with Gasteiger partial charge in [-0.25, -0.2) is 18.7 Å². The van der Waals surface area contributed by atoms with Crippen molar-refractivity contribution in [2.45, 2.75) is 59.6 Å². The summed E-state index contributed by atoms with van der Waals surface area (Å²) in [7, 11) is 1.40. The van der Waals surface area contributed by atoms with Gasteiger partial charge in [-0.3, -0.25) is 9.69 Å². The van der Waals surface area contributed by atoms with E-state index in [1.807, 2.05) is 6.92 Å². The first kappa shape index (κ1) is 31.3. The molecule has 3 aromatic rings. The second-order valence-electron chi connectivity index (χ2n) is 10.8. The quantitative estimate of drug-likeness (QED) is 0.334. The van der Waals surface area contributed by atoms with Crippen LogP contribution in [0.3, 0.4) is 0 Å². The fourth-order valence-electron chi connectivity index (χ4n) is 4.73. The number of methoxy groups -OCH3 is 1. The van der Waals surface area contributed by atoms with Crippen LogP contribution in [-0.2, 0) is 22.4 Å². The predicted octanol–water partition coefficient (Wildman–Crippen LogP) is 5.21. The van der Waals surface area contributed by atoms with E-state index in [-0.39, 0.29) is 30.2 Å². The Balaban J connectivity index is 1.71. The van der Waals surface area contributed by atoms with Gasteiger partial charge in [-0.2, -0.15) is 5.10 Å². The van der Waals surface area contributed by atoms with Gasteiger partial charge in [-0.05, 0) is 83.4 Å². The molecule has 12 heteroatoms. The van der Waals surface area contributed by atoms with Crippen molar-refractivity contribution < 1.29 is 37.7 Å². The number of ether oxygens (including phenoxy) is 4. The van der Waals surface area contributed by atoms with E-state index in [0.717, 1.165) is 6.07 Å². The molecule has 0 unspecified atom stereocenters. The molecular weight excluding hydrogens is 559 g/mol. The second kappa shape index (κ2) is 13.1. The largest absolute Gasteiger partial charge is 0.496 e. The molecule has 0 spiro atoms. The van der Waals surface area contributed by atoms with Crippen molar-refractivity contribution in [3.63, 3.8) is 0 Å². The number of fused-ring (bicyclic) bond motifs is 1. The number of hydrogen-bond donors (Lipinski definition) is 1. The highest BCUT2D eigenvalue weighted by Gasteiger charge is 2.37. The molecule has 0 bridgehead atoms. The lowest BCUT2D eigenvalue weighted by Gasteiger charge is -2.30. The van der Waals surface area contributed by atoms with Gasteiger partial charge in [0, 0.05) is 13.1 Å². The summed E-state index contributed by atoms with van der Waals surface area (Å²) in [5.74, 6) is -1.07. The summed E-state index contributed by atoms with van der Waals surface area (Å²) in [6, 6.07) is 8.91. The summed E-state index contributed by atoms with van der Waals surface area (Å²) in [6.07, 6.45) is 0.606. The summed E-state index contributed by atoms with van der Waals surface area (Å²) in [6.45, 7) is 9.74. The Morgan fingerprint density at radius 2 is 1.81 bits per heavy atom. The van der Waals surface area contributed by atoms with Crippen LogP contribution in [0.2, 0.25) is 0 Å². The minimum atomic E-state index is -0.734. The molecule has 2 aromatic carbocycles. The fraction of sp³-hybridized carbons (Fsp3) is 0.419. The molecule has 43 heavy (non-hydrogen) atoms. The van der Waals surface area contributed by atoms with E-state index >= 15 is 0 Å². The molecule has 11 nitrogen and oxygen atoms in total. The Morgan fingerprint density at radius 1 is 1.05 bits per heavy atom. The van der Waals surface area contributed by atoms with Gasteiger partial charge in [0.25, 0.3) is 5.91 Å². The molecular formula is C31H37FN4O7. The zero-order chi connectivity index (χ0) is 31.3. The van der Waals surface area contributed by atoms with Crippen molar-refractivity contribution in [3.8, 4) is 17.2 Å². The zero-order valence-corrected chi connectivity index (χ0v) is 25.3. The molecule has 1 aliphatic heterocycles. The normalized spacial score (nSPS) is 12.8. The standard InChI is InChI=1S/C31H37FN4O7/c1-7-41-25-16-19(18-33-28(37)21-17-20(32)12-14-24(21)40-6)11-13-23(25)36-27(29(38)42-8-2)26-22(34-36)10-9-15-35(26)30(39)43-31(3,4)5/h11-14,16-17H,7-10,15,18H2,1-6H3,(H,33,37). The van der Waals surface area contributed by atoms with Gasteiger partial charge in [0.15, 0.2) is 5.69 Å². The molecule has 230 valence electrons. The van der Waals surface area contributed by atoms with E-state index in [2.05, 4.69) is 5.32 Å². The highest BCUT2D eigenvalue weighted by Crippen LogP contribution is 2.36. The van der Waals surface area contributed by atoms with Gasteiger partial charge >= 0.3 is 12.1 Å². The van der Waals surface area contributed by atoms with E-state index in [0.29, 0.717) is 54.4 Å². The summed E-state index contributed by atoms with van der Waals surface area (Å²) < 4.78 is 37.4. The molecule has 4 rings (SSSR count). The number of hydrogen-bond acceptors (Lipinski definition) is 8. The van der Waals surface area contributed by atoms with Crippen molar-refractivity contribution >= 4 is 23.7 Å². The number of rotatable bonds is 9. The van der Waals surface area contributed by atoms with Crippen LogP contribution < -0.4 is 19.7 Å². The van der Waals surface area contributed by atoms with Crippen LogP contribution >= 0.6 is 0 Å². The first-order valence-electron chi connectivity index (χ1n) is 14.1. The van der Waals surface area contributed by atoms with Crippen LogP contribution in [0.15, 0.2) is 36.4 Å². The summed E-state index contributed by atoms with van der Waals surface area (Å²) >= 11 is 0. The van der Waals surface area contributed by atoms with E-state index in [1.54, 1.807) is 45.9 Å². The maximum Gasteiger partial charge on any atom is 0.414 e. The van der Waals surface area contributed by atoms with Crippen LogP contribution in [0.5, 0.6) is 11.5 Å². The summed E-state index contributed by atoms with van der Waals surface area (Å²) in [5, 5.41) is 7.51. The lowest BCUT2D eigenvalue weighted by atomic mass is 10.1. The topological polar surface area (TPSA) is 121 Å². The van der Waals surface area contributed by atoms with Crippen molar-refractivity contribution in [2.24, 2.45) is 0 Å². The number of carbonyl (C=O) groups is 3. The Kier molecular flexibility index (Phi) is 9.57. The molecule has 1 aliphatic rings. The number of amides is 2. The SMILES string of the molecule is CCOC(=O)c1c2c(nn1-c1ccc(CNC(=O)c3cc(F)ccc3OC)cc1OCC)CCCN2C(=O)OC(C)(C)C. The number of aryl methyl sites for hydroxylation is 1.